The first-order chi connectivity index (χ1) is 12.1. The second kappa shape index (κ2) is 5.83. The van der Waals surface area contributed by atoms with E-state index in [4.69, 9.17) is 9.47 Å². The average molecular weight is 347 g/mol. The van der Waals surface area contributed by atoms with Crippen LogP contribution < -0.4 is 14.8 Å². The van der Waals surface area contributed by atoms with E-state index in [9.17, 15) is 8.78 Å². The molecule has 0 unspecified atom stereocenters. The first kappa shape index (κ1) is 15.6. The molecule has 0 bridgehead atoms. The molecule has 1 aromatic carbocycles. The molecule has 0 aliphatic heterocycles. The first-order valence-corrected chi connectivity index (χ1v) is 7.70. The van der Waals surface area contributed by atoms with E-state index in [0.29, 0.717) is 11.6 Å². The summed E-state index contributed by atoms with van der Waals surface area (Å²) in [4.78, 5) is 8.29. The van der Waals surface area contributed by atoms with Crippen LogP contribution in [0.2, 0.25) is 0 Å². The van der Waals surface area contributed by atoms with Crippen molar-refractivity contribution in [2.45, 2.75) is 18.9 Å². The Morgan fingerprint density at radius 1 is 1.16 bits per heavy atom. The smallest absolute Gasteiger partial charge is 0.257 e. The molecule has 2 heterocycles. The molecular weight excluding hydrogens is 332 g/mol. The lowest BCUT2D eigenvalue weighted by Gasteiger charge is -2.16. The minimum absolute atomic E-state index is 0.00296. The van der Waals surface area contributed by atoms with Crippen LogP contribution in [-0.4, -0.2) is 39.8 Å². The second-order valence-corrected chi connectivity index (χ2v) is 5.70. The van der Waals surface area contributed by atoms with Gasteiger partial charge in [0.15, 0.2) is 11.6 Å². The molecule has 3 aromatic rings. The second-order valence-electron chi connectivity index (χ2n) is 5.70. The normalized spacial score (nSPS) is 13.9. The van der Waals surface area contributed by atoms with Gasteiger partial charge in [-0.1, -0.05) is 0 Å². The summed E-state index contributed by atoms with van der Waals surface area (Å²) in [5, 5.41) is 7.41. The quantitative estimate of drug-likeness (QED) is 0.765. The lowest BCUT2D eigenvalue weighted by Crippen LogP contribution is -2.11. The van der Waals surface area contributed by atoms with Crippen LogP contribution in [0, 0.1) is 11.6 Å². The van der Waals surface area contributed by atoms with Crippen LogP contribution >= 0.6 is 0 Å². The average Bonchev–Trinajstić information content (AvgIpc) is 3.30. The van der Waals surface area contributed by atoms with E-state index in [1.54, 1.807) is 0 Å². The summed E-state index contributed by atoms with van der Waals surface area (Å²) in [6.07, 6.45) is 3.31. The molecule has 1 aliphatic rings. The molecule has 0 saturated heterocycles. The summed E-state index contributed by atoms with van der Waals surface area (Å²) in [5.41, 5.74) is 0.287. The Kier molecular flexibility index (Phi) is 3.63. The van der Waals surface area contributed by atoms with Crippen LogP contribution in [0.1, 0.15) is 12.8 Å². The number of anilines is 1. The number of rotatable bonds is 5. The van der Waals surface area contributed by atoms with Gasteiger partial charge in [0.25, 0.3) is 5.78 Å². The Bertz CT molecular complexity index is 955. The van der Waals surface area contributed by atoms with E-state index < -0.39 is 11.6 Å². The molecular formula is C16H15F2N5O2. The molecule has 0 amide bonds. The Balaban J connectivity index is 2.00. The number of fused-ring (bicyclic) bond motifs is 1. The largest absolute Gasteiger partial charge is 0.494 e. The predicted octanol–water partition coefficient (Wildman–Crippen LogP) is 2.66. The van der Waals surface area contributed by atoms with Crippen molar-refractivity contribution in [3.63, 3.8) is 0 Å². The van der Waals surface area contributed by atoms with Crippen molar-refractivity contribution < 1.29 is 18.3 Å². The van der Waals surface area contributed by atoms with Gasteiger partial charge >= 0.3 is 0 Å². The number of aromatic nitrogens is 4. The van der Waals surface area contributed by atoms with Crippen LogP contribution in [0.4, 0.5) is 14.6 Å². The standard InChI is InChI=1S/C16H15F2N5O2/c1-24-12-6-10(17)9(5-11(12)18)13-14(21-8-3-4-8)23-16(19-7-20-23)22-15(13)25-2/h5-8,21H,3-4H2,1-2H3. The number of ether oxygens (including phenoxy) is 2. The molecule has 1 fully saturated rings. The number of hydrogen-bond donors (Lipinski definition) is 1. The van der Waals surface area contributed by atoms with E-state index in [2.05, 4.69) is 20.4 Å². The molecule has 9 heteroatoms. The minimum atomic E-state index is -0.683. The SMILES string of the molecule is COc1cc(F)c(-c2c(OC)nc3ncnn3c2NC2CC2)cc1F. The molecule has 4 rings (SSSR count). The predicted molar refractivity (Wildman–Crippen MR) is 85.9 cm³/mol. The third-order valence-corrected chi connectivity index (χ3v) is 4.02. The van der Waals surface area contributed by atoms with Crippen molar-refractivity contribution in [2.75, 3.05) is 19.5 Å². The number of methoxy groups -OCH3 is 2. The Labute approximate surface area is 141 Å². The van der Waals surface area contributed by atoms with E-state index in [1.165, 1.54) is 25.1 Å². The van der Waals surface area contributed by atoms with Gasteiger partial charge in [-0.2, -0.15) is 19.6 Å². The maximum Gasteiger partial charge on any atom is 0.257 e. The fourth-order valence-electron chi connectivity index (χ4n) is 2.64. The van der Waals surface area contributed by atoms with Gasteiger partial charge in [0.05, 0.1) is 19.8 Å². The highest BCUT2D eigenvalue weighted by Gasteiger charge is 2.28. The summed E-state index contributed by atoms with van der Waals surface area (Å²) in [6, 6.07) is 2.30. The molecule has 25 heavy (non-hydrogen) atoms. The molecule has 0 radical (unpaired) electrons. The maximum absolute atomic E-state index is 14.7. The van der Waals surface area contributed by atoms with Crippen molar-refractivity contribution in [3.05, 3.63) is 30.1 Å². The van der Waals surface area contributed by atoms with Gasteiger partial charge in [-0.25, -0.2) is 8.78 Å². The third kappa shape index (κ3) is 2.61. The van der Waals surface area contributed by atoms with Crippen LogP contribution in [0.3, 0.4) is 0 Å². The zero-order valence-corrected chi connectivity index (χ0v) is 13.6. The number of benzene rings is 1. The highest BCUT2D eigenvalue weighted by molar-refractivity contribution is 5.82. The summed E-state index contributed by atoms with van der Waals surface area (Å²) >= 11 is 0. The van der Waals surface area contributed by atoms with Gasteiger partial charge < -0.3 is 14.8 Å². The lowest BCUT2D eigenvalue weighted by atomic mass is 10.1. The highest BCUT2D eigenvalue weighted by Crippen LogP contribution is 2.40. The summed E-state index contributed by atoms with van der Waals surface area (Å²) in [5.74, 6) is -0.615. The number of nitrogens with one attached hydrogen (secondary N) is 1. The van der Waals surface area contributed by atoms with E-state index in [1.807, 2.05) is 0 Å². The zero-order chi connectivity index (χ0) is 17.6. The zero-order valence-electron chi connectivity index (χ0n) is 13.6. The molecule has 130 valence electrons. The molecule has 2 aromatic heterocycles. The van der Waals surface area contributed by atoms with E-state index in [0.717, 1.165) is 25.0 Å². The number of nitrogens with zero attached hydrogens (tertiary/aromatic N) is 4. The summed E-state index contributed by atoms with van der Waals surface area (Å²) in [6.45, 7) is 0. The van der Waals surface area contributed by atoms with Gasteiger partial charge in [0, 0.05) is 17.7 Å². The minimum Gasteiger partial charge on any atom is -0.494 e. The summed E-state index contributed by atoms with van der Waals surface area (Å²) in [7, 11) is 2.69. The highest BCUT2D eigenvalue weighted by atomic mass is 19.1. The van der Waals surface area contributed by atoms with Crippen LogP contribution in [0.15, 0.2) is 18.5 Å². The van der Waals surface area contributed by atoms with Crippen molar-refractivity contribution in [2.24, 2.45) is 0 Å². The number of halogens is 2. The molecule has 1 saturated carbocycles. The lowest BCUT2D eigenvalue weighted by molar-refractivity contribution is 0.382. The van der Waals surface area contributed by atoms with E-state index >= 15 is 0 Å². The first-order valence-electron chi connectivity index (χ1n) is 7.70. The Hall–Kier alpha value is -2.97. The van der Waals surface area contributed by atoms with Crippen molar-refractivity contribution >= 4 is 11.6 Å². The van der Waals surface area contributed by atoms with Crippen molar-refractivity contribution in [3.8, 4) is 22.8 Å². The molecule has 0 spiro atoms. The molecule has 1 aliphatic carbocycles. The Morgan fingerprint density at radius 3 is 2.64 bits per heavy atom. The maximum atomic E-state index is 14.7. The van der Waals surface area contributed by atoms with Gasteiger partial charge in [-0.15, -0.1) is 0 Å². The van der Waals surface area contributed by atoms with Gasteiger partial charge in [-0.3, -0.25) is 0 Å². The topological polar surface area (TPSA) is 73.6 Å². The molecule has 7 nitrogen and oxygen atoms in total. The summed E-state index contributed by atoms with van der Waals surface area (Å²) < 4.78 is 40.5. The van der Waals surface area contributed by atoms with Gasteiger partial charge in [0.1, 0.15) is 18.0 Å². The van der Waals surface area contributed by atoms with Crippen LogP contribution in [-0.2, 0) is 0 Å². The van der Waals surface area contributed by atoms with Crippen molar-refractivity contribution in [1.82, 2.24) is 19.6 Å². The molecule has 0 atom stereocenters. The van der Waals surface area contributed by atoms with Crippen LogP contribution in [0.5, 0.6) is 11.6 Å². The van der Waals surface area contributed by atoms with E-state index in [-0.39, 0.29) is 28.8 Å². The number of hydrogen-bond acceptors (Lipinski definition) is 6. The fraction of sp³-hybridized carbons (Fsp3) is 0.312. The Morgan fingerprint density at radius 2 is 1.96 bits per heavy atom. The van der Waals surface area contributed by atoms with Gasteiger partial charge in [0.2, 0.25) is 5.88 Å². The molecule has 1 N–H and O–H groups in total. The van der Waals surface area contributed by atoms with Crippen molar-refractivity contribution in [1.29, 1.82) is 0 Å². The monoisotopic (exact) mass is 347 g/mol. The fourth-order valence-corrected chi connectivity index (χ4v) is 2.64. The van der Waals surface area contributed by atoms with Gasteiger partial charge in [-0.05, 0) is 18.9 Å². The third-order valence-electron chi connectivity index (χ3n) is 4.02. The van der Waals surface area contributed by atoms with Crippen LogP contribution in [0.25, 0.3) is 16.9 Å².